The first-order valence-corrected chi connectivity index (χ1v) is 4.67. The minimum Gasteiger partial charge on any atom is -0.445 e. The number of amides is 1. The molecule has 0 aromatic rings. The average Bonchev–Trinajstić information content (AvgIpc) is 2.34. The molecule has 1 fully saturated rings. The lowest BCUT2D eigenvalue weighted by Crippen LogP contribution is -2.42. The summed E-state index contributed by atoms with van der Waals surface area (Å²) < 4.78 is 5.17. The Morgan fingerprint density at radius 1 is 1.54 bits per heavy atom. The number of hydrogen-bond donors (Lipinski definition) is 2. The normalized spacial score (nSPS) is 22.8. The number of carbonyl (C=O) groups excluding carboxylic acids is 1. The van der Waals surface area contributed by atoms with Gasteiger partial charge in [0.2, 0.25) is 0 Å². The molecule has 0 aromatic carbocycles. The van der Waals surface area contributed by atoms with Gasteiger partial charge >= 0.3 is 6.09 Å². The van der Waals surface area contributed by atoms with Gasteiger partial charge < -0.3 is 15.4 Å². The van der Waals surface area contributed by atoms with Crippen LogP contribution in [0.3, 0.4) is 0 Å². The second-order valence-corrected chi connectivity index (χ2v) is 4.40. The largest absolute Gasteiger partial charge is 0.445 e. The Balaban J connectivity index is 2.24. The van der Waals surface area contributed by atoms with E-state index in [1.807, 2.05) is 20.8 Å². The minimum absolute atomic E-state index is 0.0438. The molecule has 1 aliphatic rings. The van der Waals surface area contributed by atoms with Crippen LogP contribution in [0, 0.1) is 0 Å². The van der Waals surface area contributed by atoms with E-state index >= 15 is 0 Å². The highest BCUT2D eigenvalue weighted by molar-refractivity contribution is 5.68. The van der Waals surface area contributed by atoms with Crippen molar-refractivity contribution >= 4 is 6.09 Å². The van der Waals surface area contributed by atoms with Gasteiger partial charge in [-0.05, 0) is 33.7 Å². The van der Waals surface area contributed by atoms with Crippen LogP contribution in [0.5, 0.6) is 0 Å². The summed E-state index contributed by atoms with van der Waals surface area (Å²) in [6.07, 6.45) is 0.640. The Morgan fingerprint density at radius 3 is 2.69 bits per heavy atom. The molecule has 13 heavy (non-hydrogen) atoms. The van der Waals surface area contributed by atoms with E-state index in [2.05, 4.69) is 10.6 Å². The summed E-state index contributed by atoms with van der Waals surface area (Å²) in [4.78, 5) is 11.3. The van der Waals surface area contributed by atoms with Crippen molar-refractivity contribution in [2.24, 2.45) is 0 Å². The summed E-state index contributed by atoms with van der Waals surface area (Å²) in [5.41, 5.74) is -0.219. The van der Waals surface area contributed by atoms with E-state index in [9.17, 15) is 4.79 Å². The Morgan fingerprint density at radius 2 is 2.23 bits per heavy atom. The third-order valence-electron chi connectivity index (χ3n) is 1.77. The van der Waals surface area contributed by atoms with Crippen molar-refractivity contribution in [2.45, 2.75) is 38.8 Å². The summed E-state index contributed by atoms with van der Waals surface area (Å²) in [5, 5.41) is 5.89. The van der Waals surface area contributed by atoms with Crippen LogP contribution in [0.25, 0.3) is 0 Å². The summed E-state index contributed by atoms with van der Waals surface area (Å²) in [5.74, 6) is 0. The molecule has 1 heterocycles. The van der Waals surface area contributed by atoms with Gasteiger partial charge in [0.15, 0.2) is 0 Å². The second-order valence-electron chi connectivity index (χ2n) is 4.40. The van der Waals surface area contributed by atoms with Crippen LogP contribution < -0.4 is 10.6 Å². The molecular weight excluding hydrogens is 168 g/mol. The van der Waals surface area contributed by atoms with Crippen molar-refractivity contribution in [3.8, 4) is 0 Å². The molecule has 0 spiro atoms. The highest BCUT2D eigenvalue weighted by Gasteiger charge is 2.21. The van der Waals surface area contributed by atoms with Gasteiger partial charge in [0, 0.05) is 12.1 Å². The fourth-order valence-corrected chi connectivity index (χ4v) is 1.22. The van der Waals surface area contributed by atoms with Gasteiger partial charge in [0.05, 0.1) is 0 Å². The molecular formula is C9H18N2O2. The summed E-state index contributed by atoms with van der Waals surface area (Å²) in [6, 6.07) is 0. The molecule has 1 aliphatic heterocycles. The Bertz CT molecular complexity index is 181. The maximum Gasteiger partial charge on any atom is 0.407 e. The van der Waals surface area contributed by atoms with Gasteiger partial charge in [0.25, 0.3) is 0 Å². The third kappa shape index (κ3) is 4.12. The minimum atomic E-state index is -0.318. The van der Waals surface area contributed by atoms with Gasteiger partial charge in [-0.1, -0.05) is 0 Å². The Labute approximate surface area is 79.0 Å². The Hall–Kier alpha value is -0.770. The molecule has 0 radical (unpaired) electrons. The van der Waals surface area contributed by atoms with Crippen LogP contribution in [0.15, 0.2) is 0 Å². The molecule has 0 bridgehead atoms. The predicted molar refractivity (Wildman–Crippen MR) is 50.6 cm³/mol. The van der Waals surface area contributed by atoms with Gasteiger partial charge in [-0.2, -0.15) is 0 Å². The smallest absolute Gasteiger partial charge is 0.407 e. The molecule has 0 saturated carbocycles. The van der Waals surface area contributed by atoms with Crippen LogP contribution >= 0.6 is 0 Å². The summed E-state index contributed by atoms with van der Waals surface area (Å²) in [7, 11) is 0. The van der Waals surface area contributed by atoms with Crippen molar-refractivity contribution in [1.29, 1.82) is 0 Å². The van der Waals surface area contributed by atoms with Crippen LogP contribution in [-0.2, 0) is 4.74 Å². The molecule has 0 aromatic heterocycles. The molecule has 0 unspecified atom stereocenters. The van der Waals surface area contributed by atoms with Gasteiger partial charge in [-0.3, -0.25) is 0 Å². The lowest BCUT2D eigenvalue weighted by Gasteiger charge is -2.21. The molecule has 2 N–H and O–H groups in total. The van der Waals surface area contributed by atoms with Crippen molar-refractivity contribution in [2.75, 3.05) is 13.1 Å². The monoisotopic (exact) mass is 186 g/mol. The zero-order chi connectivity index (χ0) is 9.90. The molecule has 1 saturated heterocycles. The topological polar surface area (TPSA) is 50.4 Å². The number of alkyl carbamates (subject to hydrolysis) is 1. The van der Waals surface area contributed by atoms with Gasteiger partial charge in [-0.25, -0.2) is 4.79 Å². The number of hydrogen-bond acceptors (Lipinski definition) is 3. The van der Waals surface area contributed by atoms with Crippen LogP contribution in [-0.4, -0.2) is 30.8 Å². The quantitative estimate of drug-likeness (QED) is 0.639. The fourth-order valence-electron chi connectivity index (χ4n) is 1.22. The van der Waals surface area contributed by atoms with E-state index in [0.29, 0.717) is 0 Å². The van der Waals surface area contributed by atoms with Gasteiger partial charge in [-0.15, -0.1) is 0 Å². The van der Waals surface area contributed by atoms with Crippen LogP contribution in [0.1, 0.15) is 27.2 Å². The molecule has 4 heteroatoms. The zero-order valence-electron chi connectivity index (χ0n) is 8.52. The van der Waals surface area contributed by atoms with E-state index in [4.69, 9.17) is 4.74 Å². The van der Waals surface area contributed by atoms with Gasteiger partial charge in [0.1, 0.15) is 6.10 Å². The standard InChI is InChI=1S/C9H18N2O2/c1-9(2,3)11-8(12)13-7-4-5-10-6-7/h7,10H,4-6H2,1-3H3,(H,11,12)/t7-/m1/s1. The maximum absolute atomic E-state index is 11.3. The molecule has 1 amide bonds. The summed E-state index contributed by atoms with van der Waals surface area (Å²) >= 11 is 0. The van der Waals surface area contributed by atoms with Crippen molar-refractivity contribution in [3.05, 3.63) is 0 Å². The second kappa shape index (κ2) is 3.96. The van der Waals surface area contributed by atoms with E-state index < -0.39 is 0 Å². The predicted octanol–water partition coefficient (Wildman–Crippen LogP) is 0.873. The highest BCUT2D eigenvalue weighted by atomic mass is 16.6. The van der Waals surface area contributed by atoms with E-state index in [-0.39, 0.29) is 17.7 Å². The van der Waals surface area contributed by atoms with Crippen LogP contribution in [0.2, 0.25) is 0 Å². The number of nitrogens with one attached hydrogen (secondary N) is 2. The third-order valence-corrected chi connectivity index (χ3v) is 1.77. The fraction of sp³-hybridized carbons (Fsp3) is 0.889. The van der Waals surface area contributed by atoms with Crippen molar-refractivity contribution in [1.82, 2.24) is 10.6 Å². The van der Waals surface area contributed by atoms with E-state index in [1.165, 1.54) is 0 Å². The highest BCUT2D eigenvalue weighted by Crippen LogP contribution is 2.05. The molecule has 4 nitrogen and oxygen atoms in total. The van der Waals surface area contributed by atoms with E-state index in [1.54, 1.807) is 0 Å². The molecule has 1 atom stereocenters. The molecule has 76 valence electrons. The summed E-state index contributed by atoms with van der Waals surface area (Å²) in [6.45, 7) is 7.51. The average molecular weight is 186 g/mol. The maximum atomic E-state index is 11.3. The number of rotatable bonds is 1. The number of ether oxygens (including phenoxy) is 1. The van der Waals surface area contributed by atoms with Crippen molar-refractivity contribution in [3.63, 3.8) is 0 Å². The molecule has 0 aliphatic carbocycles. The lowest BCUT2D eigenvalue weighted by atomic mass is 10.1. The lowest BCUT2D eigenvalue weighted by molar-refractivity contribution is 0.100. The first-order valence-electron chi connectivity index (χ1n) is 4.67. The number of carbonyl (C=O) groups is 1. The first kappa shape index (κ1) is 10.3. The zero-order valence-corrected chi connectivity index (χ0v) is 8.52. The first-order chi connectivity index (χ1) is 5.97. The van der Waals surface area contributed by atoms with Crippen LogP contribution in [0.4, 0.5) is 4.79 Å². The van der Waals surface area contributed by atoms with Crippen molar-refractivity contribution < 1.29 is 9.53 Å². The Kier molecular flexibility index (Phi) is 3.14. The molecule has 1 rings (SSSR count). The SMILES string of the molecule is CC(C)(C)NC(=O)O[C@@H]1CCNC1. The van der Waals surface area contributed by atoms with E-state index in [0.717, 1.165) is 19.5 Å².